The molecule has 0 radical (unpaired) electrons. The van der Waals surface area contributed by atoms with Crippen LogP contribution in [0.5, 0.6) is 0 Å². The van der Waals surface area contributed by atoms with Gasteiger partial charge in [0, 0.05) is 17.7 Å². The number of nitrogens with two attached hydrogens (primary N) is 1. The van der Waals surface area contributed by atoms with Crippen LogP contribution in [-0.2, 0) is 6.42 Å². The van der Waals surface area contributed by atoms with Gasteiger partial charge in [-0.1, -0.05) is 24.3 Å². The van der Waals surface area contributed by atoms with Crippen LogP contribution in [-0.4, -0.2) is 5.78 Å². The highest BCUT2D eigenvalue weighted by Crippen LogP contribution is 2.14. The fourth-order valence-electron chi connectivity index (χ4n) is 2.07. The number of rotatable bonds is 4. The Balaban J connectivity index is 2.03. The van der Waals surface area contributed by atoms with Crippen LogP contribution >= 0.6 is 0 Å². The predicted octanol–water partition coefficient (Wildman–Crippen LogP) is 3.70. The molecule has 19 heavy (non-hydrogen) atoms. The topological polar surface area (TPSA) is 43.1 Å². The minimum Gasteiger partial charge on any atom is -0.399 e. The summed E-state index contributed by atoms with van der Waals surface area (Å²) < 4.78 is 0. The molecule has 2 nitrogen and oxygen atoms in total. The molecule has 0 spiro atoms. The lowest BCUT2D eigenvalue weighted by Gasteiger charge is -2.05. The Bertz CT molecular complexity index is 602. The summed E-state index contributed by atoms with van der Waals surface area (Å²) in [4.78, 5) is 12.1. The van der Waals surface area contributed by atoms with Gasteiger partial charge in [0.2, 0.25) is 0 Å². The number of nitrogen functional groups attached to an aromatic ring is 1. The number of anilines is 1. The molecule has 0 unspecified atom stereocenters. The SMILES string of the molecule is Cc1ccc(C(=O)CCc2cccc(N)c2)cc1C. The third-order valence-corrected chi connectivity index (χ3v) is 3.42. The summed E-state index contributed by atoms with van der Waals surface area (Å²) in [5.41, 5.74) is 10.8. The molecular formula is C17H19NO. The molecule has 0 aliphatic rings. The molecule has 0 bridgehead atoms. The lowest BCUT2D eigenvalue weighted by atomic mass is 9.99. The Kier molecular flexibility index (Phi) is 4.00. The van der Waals surface area contributed by atoms with E-state index < -0.39 is 0 Å². The Labute approximate surface area is 114 Å². The molecule has 2 heteroatoms. The van der Waals surface area contributed by atoms with E-state index in [2.05, 4.69) is 6.92 Å². The predicted molar refractivity (Wildman–Crippen MR) is 79.4 cm³/mol. The van der Waals surface area contributed by atoms with Crippen molar-refractivity contribution in [2.24, 2.45) is 0 Å². The Morgan fingerprint density at radius 1 is 1.05 bits per heavy atom. The number of carbonyl (C=O) groups excluding carboxylic acids is 1. The molecule has 0 aromatic heterocycles. The summed E-state index contributed by atoms with van der Waals surface area (Å²) >= 11 is 0. The Morgan fingerprint density at radius 3 is 2.53 bits per heavy atom. The molecule has 0 saturated carbocycles. The average molecular weight is 253 g/mol. The van der Waals surface area contributed by atoms with E-state index in [0.717, 1.165) is 28.8 Å². The van der Waals surface area contributed by atoms with E-state index in [1.54, 1.807) is 0 Å². The standard InChI is InChI=1S/C17H19NO/c1-12-6-8-15(10-13(12)2)17(19)9-7-14-4-3-5-16(18)11-14/h3-6,8,10-11H,7,9,18H2,1-2H3. The number of ketones is 1. The van der Waals surface area contributed by atoms with Crippen LogP contribution in [0, 0.1) is 13.8 Å². The molecule has 0 heterocycles. The van der Waals surface area contributed by atoms with Gasteiger partial charge in [-0.05, 0) is 55.2 Å². The molecule has 0 atom stereocenters. The van der Waals surface area contributed by atoms with Crippen molar-refractivity contribution in [3.8, 4) is 0 Å². The van der Waals surface area contributed by atoms with Gasteiger partial charge in [0.1, 0.15) is 0 Å². The van der Waals surface area contributed by atoms with Gasteiger partial charge in [-0.2, -0.15) is 0 Å². The van der Waals surface area contributed by atoms with Gasteiger partial charge >= 0.3 is 0 Å². The number of aryl methyl sites for hydroxylation is 3. The van der Waals surface area contributed by atoms with Crippen LogP contribution in [0.4, 0.5) is 5.69 Å². The summed E-state index contributed by atoms with van der Waals surface area (Å²) in [6.45, 7) is 4.08. The first-order chi connectivity index (χ1) is 9.06. The second kappa shape index (κ2) is 5.70. The number of benzene rings is 2. The highest BCUT2D eigenvalue weighted by molar-refractivity contribution is 5.96. The van der Waals surface area contributed by atoms with Crippen LogP contribution in [0.1, 0.15) is 33.5 Å². The van der Waals surface area contributed by atoms with E-state index in [1.807, 2.05) is 49.4 Å². The van der Waals surface area contributed by atoms with Crippen LogP contribution in [0.15, 0.2) is 42.5 Å². The maximum Gasteiger partial charge on any atom is 0.163 e. The lowest BCUT2D eigenvalue weighted by molar-refractivity contribution is 0.0983. The van der Waals surface area contributed by atoms with E-state index in [0.29, 0.717) is 6.42 Å². The maximum atomic E-state index is 12.1. The molecular weight excluding hydrogens is 234 g/mol. The van der Waals surface area contributed by atoms with Gasteiger partial charge in [-0.15, -0.1) is 0 Å². The summed E-state index contributed by atoms with van der Waals surface area (Å²) in [7, 11) is 0. The van der Waals surface area contributed by atoms with Gasteiger partial charge in [-0.3, -0.25) is 4.79 Å². The molecule has 0 saturated heterocycles. The van der Waals surface area contributed by atoms with Gasteiger partial charge in [0.25, 0.3) is 0 Å². The first kappa shape index (κ1) is 13.3. The third kappa shape index (κ3) is 3.44. The quantitative estimate of drug-likeness (QED) is 0.667. The van der Waals surface area contributed by atoms with E-state index in [4.69, 9.17) is 5.73 Å². The van der Waals surface area contributed by atoms with Crippen molar-refractivity contribution in [2.45, 2.75) is 26.7 Å². The van der Waals surface area contributed by atoms with Gasteiger partial charge in [-0.25, -0.2) is 0 Å². The number of hydrogen-bond acceptors (Lipinski definition) is 2. The zero-order valence-corrected chi connectivity index (χ0v) is 11.4. The van der Waals surface area contributed by atoms with E-state index in [-0.39, 0.29) is 5.78 Å². The summed E-state index contributed by atoms with van der Waals surface area (Å²) in [6.07, 6.45) is 1.25. The largest absolute Gasteiger partial charge is 0.399 e. The monoisotopic (exact) mass is 253 g/mol. The molecule has 2 aromatic carbocycles. The molecule has 0 amide bonds. The van der Waals surface area contributed by atoms with E-state index >= 15 is 0 Å². The summed E-state index contributed by atoms with van der Waals surface area (Å²) in [5.74, 6) is 0.186. The van der Waals surface area contributed by atoms with Crippen molar-refractivity contribution >= 4 is 11.5 Å². The minimum atomic E-state index is 0.186. The summed E-state index contributed by atoms with van der Waals surface area (Å²) in [6, 6.07) is 13.6. The van der Waals surface area contributed by atoms with Gasteiger partial charge in [0.15, 0.2) is 5.78 Å². The molecule has 98 valence electrons. The van der Waals surface area contributed by atoms with Crippen LogP contribution in [0.3, 0.4) is 0 Å². The second-order valence-electron chi connectivity index (χ2n) is 4.97. The summed E-state index contributed by atoms with van der Waals surface area (Å²) in [5, 5.41) is 0. The average Bonchev–Trinajstić information content (AvgIpc) is 2.39. The Morgan fingerprint density at radius 2 is 1.84 bits per heavy atom. The van der Waals surface area contributed by atoms with Crippen LogP contribution in [0.2, 0.25) is 0 Å². The van der Waals surface area contributed by atoms with Gasteiger partial charge < -0.3 is 5.73 Å². The first-order valence-electron chi connectivity index (χ1n) is 6.51. The Hall–Kier alpha value is -2.09. The molecule has 2 rings (SSSR count). The van der Waals surface area contributed by atoms with E-state index in [9.17, 15) is 4.79 Å². The molecule has 2 aromatic rings. The van der Waals surface area contributed by atoms with E-state index in [1.165, 1.54) is 5.56 Å². The third-order valence-electron chi connectivity index (χ3n) is 3.42. The van der Waals surface area contributed by atoms with Gasteiger partial charge in [0.05, 0.1) is 0 Å². The number of hydrogen-bond donors (Lipinski definition) is 1. The van der Waals surface area contributed by atoms with Crippen molar-refractivity contribution in [3.63, 3.8) is 0 Å². The van der Waals surface area contributed by atoms with Crippen molar-refractivity contribution in [3.05, 3.63) is 64.7 Å². The first-order valence-corrected chi connectivity index (χ1v) is 6.51. The van der Waals surface area contributed by atoms with Crippen molar-refractivity contribution in [1.82, 2.24) is 0 Å². The molecule has 0 fully saturated rings. The highest BCUT2D eigenvalue weighted by atomic mass is 16.1. The minimum absolute atomic E-state index is 0.186. The molecule has 0 aliphatic heterocycles. The van der Waals surface area contributed by atoms with Crippen LogP contribution < -0.4 is 5.73 Å². The molecule has 0 aliphatic carbocycles. The fraction of sp³-hybridized carbons (Fsp3) is 0.235. The smallest absolute Gasteiger partial charge is 0.163 e. The second-order valence-corrected chi connectivity index (χ2v) is 4.97. The van der Waals surface area contributed by atoms with Crippen molar-refractivity contribution < 1.29 is 4.79 Å². The lowest BCUT2D eigenvalue weighted by Crippen LogP contribution is -2.02. The normalized spacial score (nSPS) is 10.4. The zero-order chi connectivity index (χ0) is 13.8. The zero-order valence-electron chi connectivity index (χ0n) is 11.4. The maximum absolute atomic E-state index is 12.1. The number of carbonyl (C=O) groups is 1. The van der Waals surface area contributed by atoms with Crippen LogP contribution in [0.25, 0.3) is 0 Å². The van der Waals surface area contributed by atoms with Crippen molar-refractivity contribution in [2.75, 3.05) is 5.73 Å². The number of Topliss-reactive ketones (excluding diaryl/α,β-unsaturated/α-hetero) is 1. The fourth-order valence-corrected chi connectivity index (χ4v) is 2.07. The highest BCUT2D eigenvalue weighted by Gasteiger charge is 2.07. The van der Waals surface area contributed by atoms with Crippen molar-refractivity contribution in [1.29, 1.82) is 0 Å². The molecule has 2 N–H and O–H groups in total.